The normalized spacial score (nSPS) is 16.2. The van der Waals surface area contributed by atoms with Crippen molar-refractivity contribution < 1.29 is 0 Å². The molecule has 2 nitrogen and oxygen atoms in total. The monoisotopic (exact) mass is 260 g/mol. The van der Waals surface area contributed by atoms with Gasteiger partial charge in [0.05, 0.1) is 0 Å². The quantitative estimate of drug-likeness (QED) is 0.753. The first-order chi connectivity index (χ1) is 9.33. The number of hydrogen-bond acceptors (Lipinski definition) is 2. The molecular weight excluding hydrogens is 232 g/mol. The van der Waals surface area contributed by atoms with Gasteiger partial charge in [0.2, 0.25) is 0 Å². The lowest BCUT2D eigenvalue weighted by Crippen LogP contribution is -2.43. The Morgan fingerprint density at radius 1 is 1.26 bits per heavy atom. The van der Waals surface area contributed by atoms with E-state index < -0.39 is 0 Å². The zero-order valence-corrected chi connectivity index (χ0v) is 12.5. The predicted octanol–water partition coefficient (Wildman–Crippen LogP) is 3.61. The molecule has 1 aliphatic rings. The zero-order chi connectivity index (χ0) is 13.5. The molecule has 1 aliphatic heterocycles. The van der Waals surface area contributed by atoms with E-state index in [4.69, 9.17) is 0 Å². The second-order valence-electron chi connectivity index (χ2n) is 5.69. The fraction of sp³-hybridized carbons (Fsp3) is 0.647. The maximum atomic E-state index is 3.61. The Balaban J connectivity index is 1.84. The van der Waals surface area contributed by atoms with Crippen molar-refractivity contribution in [3.05, 3.63) is 29.8 Å². The van der Waals surface area contributed by atoms with Gasteiger partial charge in [-0.15, -0.1) is 0 Å². The number of nitrogens with zero attached hydrogens (tertiary/aromatic N) is 1. The van der Waals surface area contributed by atoms with Gasteiger partial charge < -0.3 is 10.2 Å². The molecule has 0 spiro atoms. The van der Waals surface area contributed by atoms with Crippen molar-refractivity contribution in [3.8, 4) is 0 Å². The minimum absolute atomic E-state index is 0.586. The minimum Gasteiger partial charge on any atom is -0.367 e. The van der Waals surface area contributed by atoms with E-state index in [1.807, 2.05) is 0 Å². The van der Waals surface area contributed by atoms with Gasteiger partial charge in [-0.3, -0.25) is 0 Å². The molecule has 0 saturated carbocycles. The first-order valence-electron chi connectivity index (χ1n) is 7.88. The van der Waals surface area contributed by atoms with E-state index in [0.29, 0.717) is 6.04 Å². The van der Waals surface area contributed by atoms with Gasteiger partial charge in [-0.1, -0.05) is 38.0 Å². The molecule has 2 rings (SSSR count). The van der Waals surface area contributed by atoms with Crippen LogP contribution < -0.4 is 10.2 Å². The summed E-state index contributed by atoms with van der Waals surface area (Å²) in [6, 6.07) is 9.47. The fourth-order valence-electron chi connectivity index (χ4n) is 2.94. The van der Waals surface area contributed by atoms with Gasteiger partial charge >= 0.3 is 0 Å². The molecule has 1 unspecified atom stereocenters. The van der Waals surface area contributed by atoms with Crippen molar-refractivity contribution in [2.24, 2.45) is 0 Å². The lowest BCUT2D eigenvalue weighted by Gasteiger charge is -2.36. The van der Waals surface area contributed by atoms with Crippen LogP contribution in [0.15, 0.2) is 24.3 Å². The van der Waals surface area contributed by atoms with Gasteiger partial charge in [0.25, 0.3) is 0 Å². The van der Waals surface area contributed by atoms with Crippen LogP contribution >= 0.6 is 0 Å². The van der Waals surface area contributed by atoms with Crippen LogP contribution in [0.2, 0.25) is 0 Å². The number of aryl methyl sites for hydroxylation is 1. The summed E-state index contributed by atoms with van der Waals surface area (Å²) in [7, 11) is 0. The Kier molecular flexibility index (Phi) is 5.71. The Morgan fingerprint density at radius 3 is 2.95 bits per heavy atom. The van der Waals surface area contributed by atoms with Crippen LogP contribution in [0.1, 0.15) is 45.1 Å². The summed E-state index contributed by atoms with van der Waals surface area (Å²) in [6.07, 6.45) is 6.48. The number of hydrogen-bond donors (Lipinski definition) is 1. The second kappa shape index (κ2) is 7.54. The van der Waals surface area contributed by atoms with Crippen molar-refractivity contribution >= 4 is 5.69 Å². The fourth-order valence-corrected chi connectivity index (χ4v) is 2.94. The van der Waals surface area contributed by atoms with Crippen molar-refractivity contribution in [1.82, 2.24) is 5.32 Å². The summed E-state index contributed by atoms with van der Waals surface area (Å²) >= 11 is 0. The summed E-state index contributed by atoms with van der Waals surface area (Å²) in [6.45, 7) is 8.06. The van der Waals surface area contributed by atoms with Gasteiger partial charge in [-0.25, -0.2) is 0 Å². The molecule has 1 aromatic rings. The first kappa shape index (κ1) is 14.4. The Morgan fingerprint density at radius 2 is 2.11 bits per heavy atom. The Labute approximate surface area is 118 Å². The Bertz CT molecular complexity index is 375. The number of nitrogens with one attached hydrogen (secondary N) is 1. The lowest BCUT2D eigenvalue weighted by molar-refractivity contribution is 0.528. The van der Waals surface area contributed by atoms with Gasteiger partial charge in [-0.2, -0.15) is 0 Å². The smallest absolute Gasteiger partial charge is 0.0401 e. The van der Waals surface area contributed by atoms with Crippen molar-refractivity contribution in [2.45, 2.75) is 52.0 Å². The topological polar surface area (TPSA) is 15.3 Å². The molecule has 1 aromatic carbocycles. The number of fused-ring (bicyclic) bond motifs is 1. The molecule has 0 amide bonds. The molecule has 0 radical (unpaired) electrons. The van der Waals surface area contributed by atoms with Crippen molar-refractivity contribution in [2.75, 3.05) is 24.5 Å². The summed E-state index contributed by atoms with van der Waals surface area (Å²) in [5.74, 6) is 0. The standard InChI is InChI=1S/C17H28N2/c1-3-4-7-12-18-14-15(2)19-13-8-10-16-9-5-6-11-17(16)19/h5-6,9,11,15,18H,3-4,7-8,10,12-14H2,1-2H3. The van der Waals surface area contributed by atoms with Gasteiger partial charge in [0.1, 0.15) is 0 Å². The van der Waals surface area contributed by atoms with Gasteiger partial charge in [0.15, 0.2) is 0 Å². The van der Waals surface area contributed by atoms with Crippen LogP contribution in [0.25, 0.3) is 0 Å². The van der Waals surface area contributed by atoms with E-state index in [1.165, 1.54) is 49.9 Å². The Hall–Kier alpha value is -1.02. The molecule has 0 aliphatic carbocycles. The summed E-state index contributed by atoms with van der Waals surface area (Å²) in [5, 5.41) is 3.61. The lowest BCUT2D eigenvalue weighted by atomic mass is 10.0. The molecular formula is C17H28N2. The highest BCUT2D eigenvalue weighted by molar-refractivity contribution is 5.56. The van der Waals surface area contributed by atoms with E-state index in [2.05, 4.69) is 48.3 Å². The van der Waals surface area contributed by atoms with E-state index in [-0.39, 0.29) is 0 Å². The van der Waals surface area contributed by atoms with Crippen molar-refractivity contribution in [3.63, 3.8) is 0 Å². The average molecular weight is 260 g/mol. The molecule has 1 N–H and O–H groups in total. The number of anilines is 1. The summed E-state index contributed by atoms with van der Waals surface area (Å²) < 4.78 is 0. The molecule has 2 heteroatoms. The van der Waals surface area contributed by atoms with Crippen LogP contribution in [0, 0.1) is 0 Å². The third-order valence-corrected chi connectivity index (χ3v) is 4.08. The molecule has 1 atom stereocenters. The minimum atomic E-state index is 0.586. The van der Waals surface area contributed by atoms with E-state index in [1.54, 1.807) is 0 Å². The number of benzene rings is 1. The molecule has 0 bridgehead atoms. The summed E-state index contributed by atoms with van der Waals surface area (Å²) in [4.78, 5) is 2.58. The molecule has 0 aromatic heterocycles. The van der Waals surface area contributed by atoms with Crippen LogP contribution in [-0.2, 0) is 6.42 Å². The van der Waals surface area contributed by atoms with Gasteiger partial charge in [-0.05, 0) is 44.4 Å². The predicted molar refractivity (Wildman–Crippen MR) is 84.0 cm³/mol. The van der Waals surface area contributed by atoms with E-state index >= 15 is 0 Å². The van der Waals surface area contributed by atoms with Crippen LogP contribution in [0.3, 0.4) is 0 Å². The highest BCUT2D eigenvalue weighted by Crippen LogP contribution is 2.28. The molecule has 0 saturated heterocycles. The van der Waals surface area contributed by atoms with Crippen LogP contribution in [0.5, 0.6) is 0 Å². The van der Waals surface area contributed by atoms with Crippen molar-refractivity contribution in [1.29, 1.82) is 0 Å². The molecule has 0 fully saturated rings. The molecule has 1 heterocycles. The summed E-state index contributed by atoms with van der Waals surface area (Å²) in [5.41, 5.74) is 2.98. The zero-order valence-electron chi connectivity index (χ0n) is 12.5. The van der Waals surface area contributed by atoms with Crippen LogP contribution in [-0.4, -0.2) is 25.7 Å². The number of rotatable bonds is 7. The van der Waals surface area contributed by atoms with Gasteiger partial charge in [0, 0.05) is 24.8 Å². The highest BCUT2D eigenvalue weighted by Gasteiger charge is 2.20. The van der Waals surface area contributed by atoms with E-state index in [0.717, 1.165) is 13.1 Å². The third-order valence-electron chi connectivity index (χ3n) is 4.08. The SMILES string of the molecule is CCCCCNCC(C)N1CCCc2ccccc21. The van der Waals surface area contributed by atoms with E-state index in [9.17, 15) is 0 Å². The highest BCUT2D eigenvalue weighted by atomic mass is 15.2. The van der Waals surface area contributed by atoms with Crippen LogP contribution in [0.4, 0.5) is 5.69 Å². The first-order valence-corrected chi connectivity index (χ1v) is 7.88. The molecule has 106 valence electrons. The maximum Gasteiger partial charge on any atom is 0.0401 e. The second-order valence-corrected chi connectivity index (χ2v) is 5.69. The maximum absolute atomic E-state index is 3.61. The number of unbranched alkanes of at least 4 members (excludes halogenated alkanes) is 2. The molecule has 19 heavy (non-hydrogen) atoms. The third kappa shape index (κ3) is 3.97. The average Bonchev–Trinajstić information content (AvgIpc) is 2.46. The largest absolute Gasteiger partial charge is 0.367 e. The number of para-hydroxylation sites is 1.